The Labute approximate surface area is 162 Å². The lowest BCUT2D eigenvalue weighted by molar-refractivity contribution is -0.157. The van der Waals surface area contributed by atoms with Crippen molar-refractivity contribution in [1.29, 1.82) is 0 Å². The van der Waals surface area contributed by atoms with E-state index in [9.17, 15) is 19.2 Å². The third-order valence-corrected chi connectivity index (χ3v) is 5.97. The van der Waals surface area contributed by atoms with Gasteiger partial charge in [0, 0.05) is 5.56 Å². The lowest BCUT2D eigenvalue weighted by Crippen LogP contribution is -2.45. The highest BCUT2D eigenvalue weighted by molar-refractivity contribution is 6.09. The van der Waals surface area contributed by atoms with Crippen molar-refractivity contribution >= 4 is 23.6 Å². The number of Topliss-reactive ketones (excluding diaryl/α,β-unsaturated/α-hetero) is 1. The van der Waals surface area contributed by atoms with Crippen LogP contribution in [0.25, 0.3) is 0 Å². The molecule has 5 atom stereocenters. The number of ether oxygens (including phenoxy) is 2. The minimum atomic E-state index is -1.05. The number of ketones is 1. The molecule has 146 valence electrons. The molecule has 1 saturated carbocycles. The normalized spacial score (nSPS) is 28.4. The lowest BCUT2D eigenvalue weighted by atomic mass is 9.85. The van der Waals surface area contributed by atoms with Crippen molar-refractivity contribution in [2.45, 2.75) is 19.4 Å². The number of allylic oxidation sites excluding steroid dienone is 2. The van der Waals surface area contributed by atoms with E-state index in [1.54, 1.807) is 24.3 Å². The summed E-state index contributed by atoms with van der Waals surface area (Å²) in [5.74, 6) is -1.83. The van der Waals surface area contributed by atoms with E-state index in [2.05, 4.69) is 0 Å². The van der Waals surface area contributed by atoms with E-state index in [0.717, 1.165) is 11.3 Å². The molecular weight excluding hydrogens is 362 g/mol. The van der Waals surface area contributed by atoms with E-state index < -0.39 is 24.4 Å². The molecule has 2 fully saturated rings. The van der Waals surface area contributed by atoms with Crippen LogP contribution in [0.1, 0.15) is 23.7 Å². The van der Waals surface area contributed by atoms with Crippen molar-refractivity contribution in [3.8, 4) is 5.75 Å². The summed E-state index contributed by atoms with van der Waals surface area (Å²) < 4.78 is 10.2. The number of methoxy groups -OCH3 is 1. The molecule has 7 heteroatoms. The maximum absolute atomic E-state index is 12.7. The van der Waals surface area contributed by atoms with Crippen molar-refractivity contribution < 1.29 is 28.7 Å². The summed E-state index contributed by atoms with van der Waals surface area (Å²) in [4.78, 5) is 51.2. The number of carbonyl (C=O) groups excluding carboxylic acids is 4. The van der Waals surface area contributed by atoms with Gasteiger partial charge in [-0.1, -0.05) is 24.3 Å². The number of fused-ring (bicyclic) bond motifs is 5. The topological polar surface area (TPSA) is 90.0 Å². The smallest absolute Gasteiger partial charge is 0.329 e. The van der Waals surface area contributed by atoms with Gasteiger partial charge in [0.05, 0.1) is 18.9 Å². The molecule has 3 aliphatic rings. The Kier molecular flexibility index (Phi) is 4.53. The average Bonchev–Trinajstić information content (AvgIpc) is 3.39. The Morgan fingerprint density at radius 1 is 1.14 bits per heavy atom. The number of benzene rings is 1. The van der Waals surface area contributed by atoms with Crippen molar-refractivity contribution in [3.05, 3.63) is 42.0 Å². The van der Waals surface area contributed by atoms with Gasteiger partial charge in [0.2, 0.25) is 11.8 Å². The monoisotopic (exact) mass is 383 g/mol. The van der Waals surface area contributed by atoms with Crippen LogP contribution < -0.4 is 4.74 Å². The molecule has 1 aromatic rings. The van der Waals surface area contributed by atoms with Crippen molar-refractivity contribution in [1.82, 2.24) is 4.90 Å². The summed E-state index contributed by atoms with van der Waals surface area (Å²) in [6.07, 6.45) is 4.82. The Balaban J connectivity index is 1.39. The molecule has 0 aromatic heterocycles. The van der Waals surface area contributed by atoms with Gasteiger partial charge in [-0.25, -0.2) is 4.79 Å². The number of likely N-dealkylation sites (tertiary alicyclic amines) is 1. The third kappa shape index (κ3) is 2.82. The molecule has 7 nitrogen and oxygen atoms in total. The lowest BCUT2D eigenvalue weighted by Gasteiger charge is -2.23. The number of amides is 2. The van der Waals surface area contributed by atoms with Gasteiger partial charge in [-0.2, -0.15) is 0 Å². The second-order valence-corrected chi connectivity index (χ2v) is 7.49. The Morgan fingerprint density at radius 3 is 2.39 bits per heavy atom. The van der Waals surface area contributed by atoms with Gasteiger partial charge in [0.1, 0.15) is 11.8 Å². The molecule has 0 N–H and O–H groups in total. The quantitative estimate of drug-likeness (QED) is 0.321. The van der Waals surface area contributed by atoms with E-state index in [0.29, 0.717) is 11.3 Å². The van der Waals surface area contributed by atoms with Crippen LogP contribution in [0.3, 0.4) is 0 Å². The molecule has 0 spiro atoms. The van der Waals surface area contributed by atoms with E-state index in [1.807, 2.05) is 12.2 Å². The van der Waals surface area contributed by atoms with Crippen molar-refractivity contribution in [3.63, 3.8) is 0 Å². The van der Waals surface area contributed by atoms with E-state index >= 15 is 0 Å². The minimum Gasteiger partial charge on any atom is -0.497 e. The van der Waals surface area contributed by atoms with Gasteiger partial charge in [0.25, 0.3) is 0 Å². The predicted octanol–water partition coefficient (Wildman–Crippen LogP) is 1.62. The first kappa shape index (κ1) is 18.4. The van der Waals surface area contributed by atoms with Gasteiger partial charge in [-0.3, -0.25) is 19.3 Å². The second kappa shape index (κ2) is 6.89. The van der Waals surface area contributed by atoms with E-state index in [1.165, 1.54) is 14.0 Å². The summed E-state index contributed by atoms with van der Waals surface area (Å²) >= 11 is 0. The Bertz CT molecular complexity index is 861. The van der Waals surface area contributed by atoms with Gasteiger partial charge < -0.3 is 9.47 Å². The zero-order valence-corrected chi connectivity index (χ0v) is 15.7. The van der Waals surface area contributed by atoms with Crippen LogP contribution in [0.4, 0.5) is 0 Å². The molecule has 1 aliphatic heterocycles. The number of nitrogens with zero attached hydrogens (tertiary/aromatic N) is 1. The van der Waals surface area contributed by atoms with Gasteiger partial charge in [0.15, 0.2) is 12.4 Å². The molecule has 1 heterocycles. The first-order valence-corrected chi connectivity index (χ1v) is 9.31. The van der Waals surface area contributed by atoms with Crippen LogP contribution in [0.15, 0.2) is 36.4 Å². The zero-order chi connectivity index (χ0) is 20.0. The van der Waals surface area contributed by atoms with Crippen LogP contribution in [0.2, 0.25) is 0 Å². The SMILES string of the molecule is COc1cccc(C(=O)COC(=O)[C@@H](C)N2C(=O)[C@@H]3[C@@H](C2=O)[C@H]2C=C[C@@H]3C2)c1. The minimum absolute atomic E-state index is 0.0781. The maximum atomic E-state index is 12.7. The highest BCUT2D eigenvalue weighted by Gasteiger charge is 2.60. The molecule has 4 rings (SSSR count). The predicted molar refractivity (Wildman–Crippen MR) is 97.3 cm³/mol. The highest BCUT2D eigenvalue weighted by Crippen LogP contribution is 2.52. The third-order valence-electron chi connectivity index (χ3n) is 5.97. The van der Waals surface area contributed by atoms with Crippen LogP contribution in [0, 0.1) is 23.7 Å². The number of imide groups is 1. The van der Waals surface area contributed by atoms with Gasteiger partial charge in [-0.05, 0) is 37.3 Å². The van der Waals surface area contributed by atoms with Crippen LogP contribution in [-0.4, -0.2) is 48.2 Å². The molecule has 2 bridgehead atoms. The van der Waals surface area contributed by atoms with Crippen molar-refractivity contribution in [2.24, 2.45) is 23.7 Å². The first-order valence-electron chi connectivity index (χ1n) is 9.31. The van der Waals surface area contributed by atoms with E-state index in [-0.39, 0.29) is 35.5 Å². The molecule has 1 aromatic carbocycles. The summed E-state index contributed by atoms with van der Waals surface area (Å²) in [5.41, 5.74) is 0.352. The number of esters is 1. The highest BCUT2D eigenvalue weighted by atomic mass is 16.5. The van der Waals surface area contributed by atoms with Gasteiger partial charge >= 0.3 is 5.97 Å². The summed E-state index contributed by atoms with van der Waals surface area (Å²) in [6, 6.07) is 5.47. The number of hydrogen-bond acceptors (Lipinski definition) is 6. The number of rotatable bonds is 6. The standard InChI is InChI=1S/C21H21NO6/c1-11(21(26)28-10-16(23)12-4-3-5-15(9-12)27-2)22-19(24)17-13-6-7-14(8-13)18(17)20(22)25/h3-7,9,11,13-14,17-18H,8,10H2,1-2H3/t11-,13-,14+,17+,18+/m1/s1. The largest absolute Gasteiger partial charge is 0.497 e. The fourth-order valence-electron chi connectivity index (χ4n) is 4.55. The second-order valence-electron chi connectivity index (χ2n) is 7.49. The molecule has 28 heavy (non-hydrogen) atoms. The molecular formula is C21H21NO6. The van der Waals surface area contributed by atoms with Crippen molar-refractivity contribution in [2.75, 3.05) is 13.7 Å². The summed E-state index contributed by atoms with van der Waals surface area (Å²) in [7, 11) is 1.49. The first-order chi connectivity index (χ1) is 13.4. The Morgan fingerprint density at radius 2 is 1.79 bits per heavy atom. The maximum Gasteiger partial charge on any atom is 0.329 e. The molecule has 0 radical (unpaired) electrons. The summed E-state index contributed by atoms with van der Waals surface area (Å²) in [5, 5.41) is 0. The number of carbonyl (C=O) groups is 4. The van der Waals surface area contributed by atoms with Crippen LogP contribution in [0.5, 0.6) is 5.75 Å². The molecule has 2 aliphatic carbocycles. The Hall–Kier alpha value is -2.96. The van der Waals surface area contributed by atoms with Crippen LogP contribution in [-0.2, 0) is 19.1 Å². The summed E-state index contributed by atoms with van der Waals surface area (Å²) in [6.45, 7) is 0.997. The van der Waals surface area contributed by atoms with E-state index in [4.69, 9.17) is 9.47 Å². The average molecular weight is 383 g/mol. The fourth-order valence-corrected chi connectivity index (χ4v) is 4.55. The molecule has 0 unspecified atom stereocenters. The van der Waals surface area contributed by atoms with Gasteiger partial charge in [-0.15, -0.1) is 0 Å². The van der Waals surface area contributed by atoms with Crippen LogP contribution >= 0.6 is 0 Å². The molecule has 1 saturated heterocycles. The zero-order valence-electron chi connectivity index (χ0n) is 15.7. The fraction of sp³-hybridized carbons (Fsp3) is 0.429. The number of hydrogen-bond donors (Lipinski definition) is 0. The molecule has 2 amide bonds.